The number of hydrogen-bond donors (Lipinski definition) is 0. The summed E-state index contributed by atoms with van der Waals surface area (Å²) in [5.74, 6) is 0.367. The van der Waals surface area contributed by atoms with E-state index in [1.807, 2.05) is 0 Å². The highest BCUT2D eigenvalue weighted by Gasteiger charge is 2.28. The minimum Gasteiger partial charge on any atom is -0.379 e. The van der Waals surface area contributed by atoms with E-state index in [-0.39, 0.29) is 0 Å². The Kier molecular flexibility index (Phi) is 7.31. The molecule has 4 nitrogen and oxygen atoms in total. The number of carbonyl (C=O) groups excluding carboxylic acids is 1. The average molecular weight is 344 g/mol. The molecular weight excluding hydrogens is 312 g/mol. The first kappa shape index (κ1) is 18.4. The van der Waals surface area contributed by atoms with Gasteiger partial charge in [0.2, 0.25) is 5.91 Å². The number of rotatable bonds is 7. The van der Waals surface area contributed by atoms with Gasteiger partial charge in [0, 0.05) is 38.6 Å². The highest BCUT2D eigenvalue weighted by atomic mass is 16.5. The molecule has 1 aromatic carbocycles. The van der Waals surface area contributed by atoms with Crippen molar-refractivity contribution in [2.45, 2.75) is 51.0 Å². The normalized spacial score (nSPS) is 22.1. The fourth-order valence-electron chi connectivity index (χ4n) is 3.99. The van der Waals surface area contributed by atoms with Gasteiger partial charge < -0.3 is 9.64 Å². The van der Waals surface area contributed by atoms with E-state index in [9.17, 15) is 4.79 Å². The molecule has 25 heavy (non-hydrogen) atoms. The van der Waals surface area contributed by atoms with Gasteiger partial charge in [-0.2, -0.15) is 0 Å². The maximum atomic E-state index is 12.7. The summed E-state index contributed by atoms with van der Waals surface area (Å²) in [5.41, 5.74) is 1.37. The Bertz CT molecular complexity index is 514. The van der Waals surface area contributed by atoms with Crippen LogP contribution in [-0.4, -0.2) is 61.1 Å². The summed E-state index contributed by atoms with van der Waals surface area (Å²) < 4.78 is 5.44. The molecule has 2 fully saturated rings. The number of aryl methyl sites for hydroxylation is 1. The molecule has 0 radical (unpaired) electrons. The zero-order chi connectivity index (χ0) is 17.3. The van der Waals surface area contributed by atoms with Crippen LogP contribution in [-0.2, 0) is 16.0 Å². The van der Waals surface area contributed by atoms with Gasteiger partial charge in [-0.3, -0.25) is 9.69 Å². The molecule has 4 heteroatoms. The lowest BCUT2D eigenvalue weighted by Crippen LogP contribution is -2.51. The van der Waals surface area contributed by atoms with Gasteiger partial charge in [0.1, 0.15) is 0 Å². The number of nitrogens with zero attached hydrogens (tertiary/aromatic N) is 2. The monoisotopic (exact) mass is 344 g/mol. The minimum absolute atomic E-state index is 0.367. The van der Waals surface area contributed by atoms with Crippen molar-refractivity contribution in [3.8, 4) is 0 Å². The van der Waals surface area contributed by atoms with Crippen molar-refractivity contribution in [3.63, 3.8) is 0 Å². The van der Waals surface area contributed by atoms with E-state index in [4.69, 9.17) is 4.74 Å². The molecule has 138 valence electrons. The van der Waals surface area contributed by atoms with Crippen LogP contribution in [0.2, 0.25) is 0 Å². The van der Waals surface area contributed by atoms with Crippen molar-refractivity contribution in [3.05, 3.63) is 35.9 Å². The van der Waals surface area contributed by atoms with E-state index in [2.05, 4.69) is 40.1 Å². The third-order valence-corrected chi connectivity index (χ3v) is 5.47. The first-order valence-electron chi connectivity index (χ1n) is 9.96. The standard InChI is InChI=1S/C21H32N2O2/c24-21(12-5-4-10-19-8-2-1-3-9-19)23-13-7-6-11-20(23)18-22-14-16-25-17-15-22/h1-3,8-9,20H,4-7,10-18H2/t20-/m1/s1. The zero-order valence-electron chi connectivity index (χ0n) is 15.4. The molecule has 1 aromatic rings. The Balaban J connectivity index is 1.42. The highest BCUT2D eigenvalue weighted by molar-refractivity contribution is 5.76. The van der Waals surface area contributed by atoms with Crippen LogP contribution in [0.4, 0.5) is 0 Å². The van der Waals surface area contributed by atoms with Crippen LogP contribution in [0.3, 0.4) is 0 Å². The van der Waals surface area contributed by atoms with Crippen molar-refractivity contribution < 1.29 is 9.53 Å². The Morgan fingerprint density at radius 3 is 2.64 bits per heavy atom. The van der Waals surface area contributed by atoms with Crippen LogP contribution in [0, 0.1) is 0 Å². The fourth-order valence-corrected chi connectivity index (χ4v) is 3.99. The smallest absolute Gasteiger partial charge is 0.222 e. The Morgan fingerprint density at radius 2 is 1.84 bits per heavy atom. The van der Waals surface area contributed by atoms with E-state index in [0.29, 0.717) is 18.4 Å². The third kappa shape index (κ3) is 5.82. The largest absolute Gasteiger partial charge is 0.379 e. The number of unbranched alkanes of at least 4 members (excludes halogenated alkanes) is 1. The van der Waals surface area contributed by atoms with Crippen molar-refractivity contribution in [2.75, 3.05) is 39.4 Å². The maximum Gasteiger partial charge on any atom is 0.222 e. The number of likely N-dealkylation sites (tertiary alicyclic amines) is 1. The van der Waals surface area contributed by atoms with Crippen LogP contribution < -0.4 is 0 Å². The van der Waals surface area contributed by atoms with E-state index in [1.54, 1.807) is 0 Å². The molecule has 0 unspecified atom stereocenters. The predicted molar refractivity (Wildman–Crippen MR) is 101 cm³/mol. The molecule has 3 rings (SSSR count). The molecule has 0 bridgehead atoms. The summed E-state index contributed by atoms with van der Waals surface area (Å²) >= 11 is 0. The molecule has 0 saturated carbocycles. The predicted octanol–water partition coefficient (Wildman–Crippen LogP) is 3.11. The van der Waals surface area contributed by atoms with Crippen molar-refractivity contribution >= 4 is 5.91 Å². The summed E-state index contributed by atoms with van der Waals surface area (Å²) in [6.07, 6.45) is 7.44. The summed E-state index contributed by atoms with van der Waals surface area (Å²) in [6, 6.07) is 11.0. The molecule has 0 spiro atoms. The third-order valence-electron chi connectivity index (χ3n) is 5.47. The van der Waals surface area contributed by atoms with Crippen LogP contribution in [0.25, 0.3) is 0 Å². The second-order valence-electron chi connectivity index (χ2n) is 7.34. The van der Waals surface area contributed by atoms with E-state index >= 15 is 0 Å². The van der Waals surface area contributed by atoms with Crippen LogP contribution in [0.5, 0.6) is 0 Å². The number of piperidine rings is 1. The number of benzene rings is 1. The number of carbonyl (C=O) groups is 1. The maximum absolute atomic E-state index is 12.7. The highest BCUT2D eigenvalue weighted by Crippen LogP contribution is 2.20. The number of ether oxygens (including phenoxy) is 1. The summed E-state index contributed by atoms with van der Waals surface area (Å²) in [5, 5.41) is 0. The zero-order valence-corrected chi connectivity index (χ0v) is 15.4. The Labute approximate surface area is 152 Å². The first-order chi connectivity index (χ1) is 12.3. The lowest BCUT2D eigenvalue weighted by atomic mass is 10.00. The van der Waals surface area contributed by atoms with Gasteiger partial charge in [-0.15, -0.1) is 0 Å². The SMILES string of the molecule is O=C(CCCCc1ccccc1)N1CCCC[C@@H]1CN1CCOCC1. The quantitative estimate of drug-likeness (QED) is 0.713. The molecule has 1 amide bonds. The number of hydrogen-bond acceptors (Lipinski definition) is 3. The molecular formula is C21H32N2O2. The molecule has 2 aliphatic rings. The van der Waals surface area contributed by atoms with Crippen molar-refractivity contribution in [2.24, 2.45) is 0 Å². The van der Waals surface area contributed by atoms with Gasteiger partial charge in [0.05, 0.1) is 13.2 Å². The number of amides is 1. The van der Waals surface area contributed by atoms with Gasteiger partial charge >= 0.3 is 0 Å². The Morgan fingerprint density at radius 1 is 1.04 bits per heavy atom. The van der Waals surface area contributed by atoms with E-state index < -0.39 is 0 Å². The van der Waals surface area contributed by atoms with Gasteiger partial charge in [-0.25, -0.2) is 0 Å². The lowest BCUT2D eigenvalue weighted by Gasteiger charge is -2.39. The summed E-state index contributed by atoms with van der Waals surface area (Å²) in [4.78, 5) is 17.4. The van der Waals surface area contributed by atoms with Gasteiger partial charge in [0.25, 0.3) is 0 Å². The molecule has 1 atom stereocenters. The summed E-state index contributed by atoms with van der Waals surface area (Å²) in [6.45, 7) is 5.66. The van der Waals surface area contributed by atoms with Crippen LogP contribution in [0.1, 0.15) is 44.1 Å². The second-order valence-corrected chi connectivity index (χ2v) is 7.34. The lowest BCUT2D eigenvalue weighted by molar-refractivity contribution is -0.135. The summed E-state index contributed by atoms with van der Waals surface area (Å²) in [7, 11) is 0. The number of morpholine rings is 1. The van der Waals surface area contributed by atoms with E-state index in [1.165, 1.54) is 12.0 Å². The van der Waals surface area contributed by atoms with Gasteiger partial charge in [0.15, 0.2) is 0 Å². The molecule has 2 saturated heterocycles. The molecule has 0 N–H and O–H groups in total. The molecule has 0 aliphatic carbocycles. The average Bonchev–Trinajstić information content (AvgIpc) is 2.67. The molecule has 0 aromatic heterocycles. The first-order valence-corrected chi connectivity index (χ1v) is 9.96. The van der Waals surface area contributed by atoms with Crippen LogP contribution in [0.15, 0.2) is 30.3 Å². The minimum atomic E-state index is 0.367. The van der Waals surface area contributed by atoms with Crippen molar-refractivity contribution in [1.29, 1.82) is 0 Å². The topological polar surface area (TPSA) is 32.8 Å². The fraction of sp³-hybridized carbons (Fsp3) is 0.667. The Hall–Kier alpha value is -1.39. The van der Waals surface area contributed by atoms with Crippen LogP contribution >= 0.6 is 0 Å². The molecule has 2 heterocycles. The van der Waals surface area contributed by atoms with Crippen molar-refractivity contribution in [1.82, 2.24) is 9.80 Å². The molecule has 2 aliphatic heterocycles. The van der Waals surface area contributed by atoms with Gasteiger partial charge in [-0.1, -0.05) is 30.3 Å². The second kappa shape index (κ2) is 9.93. The van der Waals surface area contributed by atoms with E-state index in [0.717, 1.165) is 71.5 Å². The van der Waals surface area contributed by atoms with Gasteiger partial charge in [-0.05, 0) is 44.1 Å².